The third-order valence-corrected chi connectivity index (χ3v) is 7.41. The Hall–Kier alpha value is -3.60. The number of anilines is 4. The zero-order valence-electron chi connectivity index (χ0n) is 20.3. The number of fused-ring (bicyclic) bond motifs is 2. The second-order valence-corrected chi connectivity index (χ2v) is 9.98. The summed E-state index contributed by atoms with van der Waals surface area (Å²) < 4.78 is 0. The fourth-order valence-corrected chi connectivity index (χ4v) is 5.09. The Morgan fingerprint density at radius 2 is 0.889 bits per heavy atom. The summed E-state index contributed by atoms with van der Waals surface area (Å²) in [5.74, 6) is -0.561. The molecule has 1 aliphatic rings. The summed E-state index contributed by atoms with van der Waals surface area (Å²) in [5, 5.41) is 7.32. The Morgan fingerprint density at radius 1 is 0.556 bits per heavy atom. The number of para-hydroxylation sites is 2. The molecule has 0 aliphatic heterocycles. The second-order valence-electron chi connectivity index (χ2n) is 9.16. The van der Waals surface area contributed by atoms with E-state index >= 15 is 0 Å². The van der Waals surface area contributed by atoms with Gasteiger partial charge in [-0.05, 0) is 74.2 Å². The van der Waals surface area contributed by atoms with E-state index in [4.69, 9.17) is 23.2 Å². The van der Waals surface area contributed by atoms with Gasteiger partial charge in [-0.25, -0.2) is 0 Å². The van der Waals surface area contributed by atoms with Crippen LogP contribution in [-0.4, -0.2) is 11.6 Å². The van der Waals surface area contributed by atoms with Crippen LogP contribution in [0.5, 0.6) is 0 Å². The van der Waals surface area contributed by atoms with E-state index in [0.717, 1.165) is 33.6 Å². The molecule has 2 N–H and O–H groups in total. The van der Waals surface area contributed by atoms with Gasteiger partial charge in [-0.15, -0.1) is 0 Å². The number of ketones is 2. The van der Waals surface area contributed by atoms with Gasteiger partial charge in [0.2, 0.25) is 0 Å². The van der Waals surface area contributed by atoms with Crippen molar-refractivity contribution in [2.45, 2.75) is 27.7 Å². The largest absolute Gasteiger partial charge is 0.354 e. The van der Waals surface area contributed by atoms with Gasteiger partial charge >= 0.3 is 0 Å². The Balaban J connectivity index is 1.74. The summed E-state index contributed by atoms with van der Waals surface area (Å²) in [4.78, 5) is 27.8. The number of nitrogens with one attached hydrogen (secondary N) is 2. The topological polar surface area (TPSA) is 58.2 Å². The molecule has 5 rings (SSSR count). The summed E-state index contributed by atoms with van der Waals surface area (Å²) in [6, 6.07) is 18.6. The van der Waals surface area contributed by atoms with E-state index in [1.165, 1.54) is 12.1 Å². The van der Waals surface area contributed by atoms with Crippen LogP contribution in [0.15, 0.2) is 60.7 Å². The molecular weight excluding hydrogens is 491 g/mol. The number of halogens is 2. The SMILES string of the molecule is Cc1cccc(C)c1Nc1ccc(Nc2c(C)cccc2C)c2c1C(=O)c1cc(Cl)c(Cl)cc1C2=O. The highest BCUT2D eigenvalue weighted by Gasteiger charge is 2.35. The lowest BCUT2D eigenvalue weighted by atomic mass is 9.82. The molecule has 1 aliphatic carbocycles. The van der Waals surface area contributed by atoms with E-state index in [9.17, 15) is 9.59 Å². The van der Waals surface area contributed by atoms with E-state index in [2.05, 4.69) is 10.6 Å². The molecule has 0 saturated carbocycles. The van der Waals surface area contributed by atoms with Crippen molar-refractivity contribution >= 4 is 57.5 Å². The van der Waals surface area contributed by atoms with Crippen LogP contribution >= 0.6 is 23.2 Å². The van der Waals surface area contributed by atoms with Crippen molar-refractivity contribution in [2.75, 3.05) is 10.6 Å². The zero-order chi connectivity index (χ0) is 25.7. The molecule has 180 valence electrons. The molecule has 0 unspecified atom stereocenters. The maximum atomic E-state index is 13.9. The van der Waals surface area contributed by atoms with Crippen LogP contribution in [0.4, 0.5) is 22.7 Å². The Bertz CT molecular complexity index is 1430. The van der Waals surface area contributed by atoms with E-state index in [1.807, 2.05) is 76.2 Å². The fraction of sp³-hybridized carbons (Fsp3) is 0.133. The van der Waals surface area contributed by atoms with Crippen LogP contribution in [-0.2, 0) is 0 Å². The number of rotatable bonds is 4. The number of carbonyl (C=O) groups excluding carboxylic acids is 2. The van der Waals surface area contributed by atoms with Gasteiger partial charge in [-0.2, -0.15) is 0 Å². The van der Waals surface area contributed by atoms with Crippen molar-refractivity contribution < 1.29 is 9.59 Å². The predicted molar refractivity (Wildman–Crippen MR) is 148 cm³/mol. The Kier molecular flexibility index (Phi) is 6.11. The molecule has 4 nitrogen and oxygen atoms in total. The smallest absolute Gasteiger partial charge is 0.196 e. The summed E-state index contributed by atoms with van der Waals surface area (Å²) in [6.07, 6.45) is 0. The molecule has 0 atom stereocenters. The van der Waals surface area contributed by atoms with Crippen molar-refractivity contribution in [3.63, 3.8) is 0 Å². The normalized spacial score (nSPS) is 12.3. The van der Waals surface area contributed by atoms with Gasteiger partial charge in [0.15, 0.2) is 11.6 Å². The van der Waals surface area contributed by atoms with Crippen molar-refractivity contribution in [1.29, 1.82) is 0 Å². The molecule has 0 aromatic heterocycles. The Labute approximate surface area is 220 Å². The first-order chi connectivity index (χ1) is 17.2. The third-order valence-electron chi connectivity index (χ3n) is 6.69. The lowest BCUT2D eigenvalue weighted by Crippen LogP contribution is -2.24. The van der Waals surface area contributed by atoms with Crippen molar-refractivity contribution in [3.8, 4) is 0 Å². The quantitative estimate of drug-likeness (QED) is 0.252. The maximum absolute atomic E-state index is 13.9. The van der Waals surface area contributed by atoms with E-state index in [1.54, 1.807) is 0 Å². The van der Waals surface area contributed by atoms with Crippen LogP contribution in [0.2, 0.25) is 10.0 Å². The van der Waals surface area contributed by atoms with E-state index < -0.39 is 0 Å². The third kappa shape index (κ3) is 3.97. The second kappa shape index (κ2) is 9.12. The molecule has 0 spiro atoms. The molecular formula is C30H24Cl2N2O2. The number of carbonyl (C=O) groups is 2. The highest BCUT2D eigenvalue weighted by atomic mass is 35.5. The maximum Gasteiger partial charge on any atom is 0.196 e. The van der Waals surface area contributed by atoms with Gasteiger partial charge in [0.25, 0.3) is 0 Å². The molecule has 0 radical (unpaired) electrons. The van der Waals surface area contributed by atoms with Crippen molar-refractivity contribution in [1.82, 2.24) is 0 Å². The van der Waals surface area contributed by atoms with Crippen LogP contribution < -0.4 is 10.6 Å². The van der Waals surface area contributed by atoms with Gasteiger partial charge in [0.05, 0.1) is 32.5 Å². The summed E-state index contributed by atoms with van der Waals surface area (Å²) in [7, 11) is 0. The summed E-state index contributed by atoms with van der Waals surface area (Å²) in [5.41, 5.74) is 8.16. The first-order valence-electron chi connectivity index (χ1n) is 11.6. The minimum atomic E-state index is -0.281. The molecule has 6 heteroatoms. The number of benzene rings is 4. The van der Waals surface area contributed by atoms with Gasteiger partial charge < -0.3 is 10.6 Å². The van der Waals surface area contributed by atoms with E-state index in [-0.39, 0.29) is 32.7 Å². The molecule has 0 saturated heterocycles. The fourth-order valence-electron chi connectivity index (χ4n) is 4.77. The van der Waals surface area contributed by atoms with Crippen LogP contribution in [0.1, 0.15) is 54.1 Å². The summed E-state index contributed by atoms with van der Waals surface area (Å²) in [6.45, 7) is 8.01. The highest BCUT2D eigenvalue weighted by Crippen LogP contribution is 2.41. The average Bonchev–Trinajstić information content (AvgIpc) is 2.84. The summed E-state index contributed by atoms with van der Waals surface area (Å²) >= 11 is 12.5. The molecule has 0 heterocycles. The molecule has 4 aromatic rings. The van der Waals surface area contributed by atoms with Crippen LogP contribution in [0.25, 0.3) is 0 Å². The molecule has 4 aromatic carbocycles. The van der Waals surface area contributed by atoms with Gasteiger partial charge in [0.1, 0.15) is 0 Å². The lowest BCUT2D eigenvalue weighted by molar-refractivity contribution is 0.0980. The minimum absolute atomic E-state index is 0.231. The van der Waals surface area contributed by atoms with Crippen molar-refractivity contribution in [2.24, 2.45) is 0 Å². The Morgan fingerprint density at radius 3 is 1.22 bits per heavy atom. The first-order valence-corrected chi connectivity index (χ1v) is 12.3. The average molecular weight is 515 g/mol. The van der Waals surface area contributed by atoms with E-state index in [0.29, 0.717) is 22.5 Å². The number of hydrogen-bond donors (Lipinski definition) is 2. The van der Waals surface area contributed by atoms with Crippen LogP contribution in [0.3, 0.4) is 0 Å². The first kappa shape index (κ1) is 24.1. The van der Waals surface area contributed by atoms with Gasteiger partial charge in [-0.1, -0.05) is 59.6 Å². The molecule has 0 bridgehead atoms. The molecule has 36 heavy (non-hydrogen) atoms. The minimum Gasteiger partial charge on any atom is -0.354 e. The van der Waals surface area contributed by atoms with Crippen LogP contribution in [0, 0.1) is 27.7 Å². The van der Waals surface area contributed by atoms with Gasteiger partial charge in [0, 0.05) is 22.5 Å². The predicted octanol–water partition coefficient (Wildman–Crippen LogP) is 8.49. The number of aryl methyl sites for hydroxylation is 4. The highest BCUT2D eigenvalue weighted by molar-refractivity contribution is 6.43. The molecule has 0 amide bonds. The number of hydrogen-bond acceptors (Lipinski definition) is 4. The lowest BCUT2D eigenvalue weighted by Gasteiger charge is -2.25. The zero-order valence-corrected chi connectivity index (χ0v) is 21.9. The standard InChI is InChI=1S/C30H24Cl2N2O2/c1-15-7-5-8-16(2)27(15)33-23-11-12-24(34-28-17(3)9-6-10-18(28)4)26-25(23)29(35)19-13-21(31)22(32)14-20(19)30(26)36/h5-14,33-34H,1-4H3. The molecule has 0 fully saturated rings. The van der Waals surface area contributed by atoms with Crippen molar-refractivity contribution in [3.05, 3.63) is 115 Å². The monoisotopic (exact) mass is 514 g/mol. The van der Waals surface area contributed by atoms with Gasteiger partial charge in [-0.3, -0.25) is 9.59 Å².